The Labute approximate surface area is 344 Å². The van der Waals surface area contributed by atoms with E-state index in [-0.39, 0.29) is 80.5 Å². The van der Waals surface area contributed by atoms with Crippen LogP contribution in [0.15, 0.2) is 96.2 Å². The Bertz CT molecular complexity index is 2040. The van der Waals surface area contributed by atoms with Gasteiger partial charge in [0.25, 0.3) is 5.69 Å². The first-order valence-electron chi connectivity index (χ1n) is 20.8. The van der Waals surface area contributed by atoms with Crippen molar-refractivity contribution in [3.05, 3.63) is 124 Å². The maximum atomic E-state index is 14.7. The number of likely N-dealkylation sites (N-methyl/N-ethyl adjacent to an activating group) is 1. The van der Waals surface area contributed by atoms with E-state index >= 15 is 0 Å². The highest BCUT2D eigenvalue weighted by Gasteiger charge is 2.65. The molecule has 6 atom stereocenters. The molecule has 0 saturated heterocycles. The third-order valence-corrected chi connectivity index (χ3v) is 12.3. The fourth-order valence-electron chi connectivity index (χ4n) is 9.26. The van der Waals surface area contributed by atoms with Gasteiger partial charge in [0.15, 0.2) is 0 Å². The fourth-order valence-corrected chi connectivity index (χ4v) is 9.26. The molecule has 1 amide bonds. The van der Waals surface area contributed by atoms with Crippen molar-refractivity contribution in [2.45, 2.75) is 88.7 Å². The first-order valence-corrected chi connectivity index (χ1v) is 20.8. The quantitative estimate of drug-likeness (QED) is 0.0500. The number of benzene rings is 3. The van der Waals surface area contributed by atoms with E-state index in [2.05, 4.69) is 12.7 Å². The number of nitro benzene ring substituents is 1. The molecule has 2 fully saturated rings. The number of aliphatic hydroxyl groups is 2. The summed E-state index contributed by atoms with van der Waals surface area (Å²) in [6.07, 6.45) is 10.2. The molecular formula is C46H54FN3O9. The number of fused-ring (bicyclic) bond motifs is 2. The minimum atomic E-state index is -1.37. The number of rotatable bonds is 20. The lowest BCUT2D eigenvalue weighted by Crippen LogP contribution is -2.69. The highest BCUT2D eigenvalue weighted by atomic mass is 19.1. The van der Waals surface area contributed by atoms with Crippen LogP contribution in [0.2, 0.25) is 0 Å². The highest BCUT2D eigenvalue weighted by molar-refractivity contribution is 6.03. The number of aliphatic hydroxyl groups excluding tert-OH is 2. The van der Waals surface area contributed by atoms with Crippen molar-refractivity contribution in [2.24, 2.45) is 28.8 Å². The van der Waals surface area contributed by atoms with Crippen LogP contribution in [-0.4, -0.2) is 70.4 Å². The zero-order valence-electron chi connectivity index (χ0n) is 33.5. The van der Waals surface area contributed by atoms with Gasteiger partial charge in [0.05, 0.1) is 23.2 Å². The van der Waals surface area contributed by atoms with Gasteiger partial charge in [-0.25, -0.2) is 4.39 Å². The van der Waals surface area contributed by atoms with E-state index in [0.717, 1.165) is 49.7 Å². The molecule has 0 bridgehead atoms. The minimum absolute atomic E-state index is 0.00943. The van der Waals surface area contributed by atoms with Crippen LogP contribution in [0.25, 0.3) is 0 Å². The average molecular weight is 812 g/mol. The molecule has 12 nitrogen and oxygen atoms in total. The predicted molar refractivity (Wildman–Crippen MR) is 219 cm³/mol. The van der Waals surface area contributed by atoms with Crippen LogP contribution in [0, 0.1) is 39.6 Å². The van der Waals surface area contributed by atoms with Crippen molar-refractivity contribution < 1.29 is 43.4 Å². The van der Waals surface area contributed by atoms with Crippen molar-refractivity contribution in [1.29, 1.82) is 0 Å². The number of hydrogen-bond acceptors (Lipinski definition) is 10. The topological polar surface area (TPSA) is 153 Å². The van der Waals surface area contributed by atoms with E-state index in [0.29, 0.717) is 41.2 Å². The molecule has 4 aliphatic rings. The van der Waals surface area contributed by atoms with E-state index in [1.807, 2.05) is 18.2 Å². The number of amides is 1. The molecule has 3 aromatic rings. The number of ether oxygens (including phenoxy) is 3. The number of oxime groups is 1. The molecule has 2 N–H and O–H groups in total. The van der Waals surface area contributed by atoms with E-state index in [4.69, 9.17) is 24.2 Å². The van der Waals surface area contributed by atoms with Crippen LogP contribution in [0.5, 0.6) is 11.5 Å². The molecule has 2 saturated carbocycles. The second-order valence-electron chi connectivity index (χ2n) is 16.1. The number of carbonyl (C=O) groups is 1. The van der Waals surface area contributed by atoms with Gasteiger partial charge in [0.1, 0.15) is 36.6 Å². The number of non-ortho nitro benzene ring substituents is 1. The molecule has 0 aromatic heterocycles. The zero-order chi connectivity index (χ0) is 41.5. The van der Waals surface area contributed by atoms with Crippen LogP contribution in [-0.2, 0) is 27.6 Å². The third-order valence-electron chi connectivity index (χ3n) is 12.3. The Balaban J connectivity index is 1.37. The van der Waals surface area contributed by atoms with Crippen molar-refractivity contribution in [2.75, 3.05) is 26.9 Å². The third kappa shape index (κ3) is 9.07. The number of nitro groups is 1. The smallest absolute Gasteiger partial charge is 0.269 e. The summed E-state index contributed by atoms with van der Waals surface area (Å²) < 4.78 is 35.1. The minimum Gasteiger partial charge on any atom is -0.489 e. The average Bonchev–Trinajstić information content (AvgIpc) is 4.10. The number of allylic oxidation sites excluding steroid dienone is 1. The Hall–Kier alpha value is -5.11. The molecule has 13 heteroatoms. The molecule has 3 aliphatic carbocycles. The Morgan fingerprint density at radius 1 is 1.05 bits per heavy atom. The lowest BCUT2D eigenvalue weighted by molar-refractivity contribution is -0.384. The van der Waals surface area contributed by atoms with Crippen molar-refractivity contribution >= 4 is 17.3 Å². The van der Waals surface area contributed by atoms with Crippen LogP contribution < -0.4 is 9.47 Å². The van der Waals surface area contributed by atoms with Crippen LogP contribution >= 0.6 is 0 Å². The summed E-state index contributed by atoms with van der Waals surface area (Å²) in [6, 6.07) is 17.7. The molecular weight excluding hydrogens is 758 g/mol. The molecule has 314 valence electrons. The summed E-state index contributed by atoms with van der Waals surface area (Å²) >= 11 is 0. The van der Waals surface area contributed by atoms with Crippen molar-refractivity contribution in [3.8, 4) is 11.5 Å². The molecule has 0 unspecified atom stereocenters. The number of carbonyl (C=O) groups excluding carboxylic acids is 1. The summed E-state index contributed by atoms with van der Waals surface area (Å²) in [5, 5.41) is 35.8. The summed E-state index contributed by atoms with van der Waals surface area (Å²) in [5.74, 6) is -1.32. The number of unbranched alkanes of at least 4 members (excludes halogenated alkanes) is 2. The van der Waals surface area contributed by atoms with Gasteiger partial charge >= 0.3 is 0 Å². The van der Waals surface area contributed by atoms with Gasteiger partial charge < -0.3 is 34.2 Å². The van der Waals surface area contributed by atoms with E-state index in [1.165, 1.54) is 18.2 Å². The second-order valence-corrected chi connectivity index (χ2v) is 16.1. The SMILES string of the molecule is C=CCO[C@@]12Oc3ccc(OCc4ccccc4F)cc3[C@H]3[C@H](CCCCO)[C@@H](CCCCO)C=C(C(=NOCc4ccc([N+](=O)[O-])cc4)C[C@@H]1N(C)C(=O)C1CC1)[C@H]32. The van der Waals surface area contributed by atoms with Gasteiger partial charge in [0.2, 0.25) is 11.7 Å². The van der Waals surface area contributed by atoms with Gasteiger partial charge in [-0.2, -0.15) is 0 Å². The van der Waals surface area contributed by atoms with Gasteiger partial charge in [-0.05, 0) is 97.9 Å². The standard InChI is InChI=1S/C46H54FN3O9/c1-3-24-57-46-42(49(2)45(53)31-16-17-31)27-40(48-58-28-30-14-18-34(19-15-30)50(54)55)37-25-32(10-6-8-22-51)36(12-7-9-23-52)43(44(37)46)38-26-35(20-21-41(38)59-46)56-29-33-11-4-5-13-39(33)47/h3-5,11,13-15,18-21,25-26,31-32,36,42-44,51-52H,1,6-10,12,16-17,22-24,27-29H2,2H3/t32-,36+,42-,43+,44+,46+/m0/s1. The lowest BCUT2D eigenvalue weighted by Gasteiger charge is -2.59. The summed E-state index contributed by atoms with van der Waals surface area (Å²) in [5.41, 5.74) is 3.55. The first kappa shape index (κ1) is 42.0. The van der Waals surface area contributed by atoms with Crippen molar-refractivity contribution in [1.82, 2.24) is 4.90 Å². The Kier molecular flexibility index (Phi) is 13.4. The van der Waals surface area contributed by atoms with E-state index in [1.54, 1.807) is 48.4 Å². The largest absolute Gasteiger partial charge is 0.489 e. The van der Waals surface area contributed by atoms with Gasteiger partial charge in [0, 0.05) is 61.8 Å². The first-order chi connectivity index (χ1) is 28.7. The molecule has 59 heavy (non-hydrogen) atoms. The molecule has 7 rings (SSSR count). The van der Waals surface area contributed by atoms with Crippen LogP contribution in [0.3, 0.4) is 0 Å². The number of hydrogen-bond donors (Lipinski definition) is 2. The van der Waals surface area contributed by atoms with Crippen molar-refractivity contribution in [3.63, 3.8) is 0 Å². The summed E-state index contributed by atoms with van der Waals surface area (Å²) in [4.78, 5) is 32.7. The van der Waals surface area contributed by atoms with E-state index < -0.39 is 22.7 Å². The zero-order valence-corrected chi connectivity index (χ0v) is 33.5. The number of nitrogens with zero attached hydrogens (tertiary/aromatic N) is 3. The summed E-state index contributed by atoms with van der Waals surface area (Å²) in [6.45, 7) is 4.36. The number of halogens is 1. The van der Waals surface area contributed by atoms with Gasteiger partial charge in [-0.3, -0.25) is 14.9 Å². The van der Waals surface area contributed by atoms with E-state index in [9.17, 15) is 29.5 Å². The molecule has 1 heterocycles. The molecule has 3 aromatic carbocycles. The Morgan fingerprint density at radius 2 is 1.80 bits per heavy atom. The van der Waals surface area contributed by atoms with Crippen LogP contribution in [0.1, 0.15) is 80.4 Å². The predicted octanol–water partition coefficient (Wildman–Crippen LogP) is 8.02. The van der Waals surface area contributed by atoms with Gasteiger partial charge in [-0.1, -0.05) is 48.3 Å². The lowest BCUT2D eigenvalue weighted by atomic mass is 9.55. The highest BCUT2D eigenvalue weighted by Crippen LogP contribution is 2.62. The molecule has 0 spiro atoms. The monoisotopic (exact) mass is 811 g/mol. The van der Waals surface area contributed by atoms with Crippen LogP contribution in [0.4, 0.5) is 10.1 Å². The molecule has 1 aliphatic heterocycles. The second kappa shape index (κ2) is 18.9. The van der Waals surface area contributed by atoms with Gasteiger partial charge in [-0.15, -0.1) is 6.58 Å². The molecule has 0 radical (unpaired) electrons. The normalized spacial score (nSPS) is 24.9. The maximum absolute atomic E-state index is 14.7. The fraction of sp³-hybridized carbons (Fsp3) is 0.478. The maximum Gasteiger partial charge on any atom is 0.269 e. The Morgan fingerprint density at radius 3 is 2.49 bits per heavy atom. The summed E-state index contributed by atoms with van der Waals surface area (Å²) in [7, 11) is 1.81.